The summed E-state index contributed by atoms with van der Waals surface area (Å²) in [5.74, 6) is 2.19. The Morgan fingerprint density at radius 2 is 1.75 bits per heavy atom. The molecule has 4 rings (SSSR count). The summed E-state index contributed by atoms with van der Waals surface area (Å²) in [6.45, 7) is 3.51. The zero-order chi connectivity index (χ0) is 22.5. The number of hydrogen-bond donors (Lipinski definition) is 0. The van der Waals surface area contributed by atoms with Crippen LogP contribution < -0.4 is 19.1 Å². The molecule has 1 fully saturated rings. The largest absolute Gasteiger partial charge is 0.493 e. The molecule has 0 unspecified atom stereocenters. The monoisotopic (exact) mass is 464 g/mol. The molecular weight excluding hydrogens is 434 g/mol. The summed E-state index contributed by atoms with van der Waals surface area (Å²) in [5, 5.41) is 0. The van der Waals surface area contributed by atoms with Crippen molar-refractivity contribution < 1.29 is 23.0 Å². The number of fused-ring (bicyclic) bond motifs is 1. The molecule has 0 bridgehead atoms. The minimum absolute atomic E-state index is 0.371. The second-order valence-electron chi connectivity index (χ2n) is 8.13. The first-order chi connectivity index (χ1) is 15.6. The maximum Gasteiger partial charge on any atom is 0.162 e. The van der Waals surface area contributed by atoms with Crippen LogP contribution in [-0.4, -0.2) is 57.3 Å². The molecule has 0 N–H and O–H groups in total. The topological polar surface area (TPSA) is 34.2 Å². The van der Waals surface area contributed by atoms with Crippen molar-refractivity contribution >= 4 is 17.4 Å². The molecule has 0 saturated carbocycles. The molecule has 2 aromatic rings. The van der Waals surface area contributed by atoms with E-state index in [-0.39, 0.29) is 0 Å². The number of piperidine rings is 1. The second-order valence-corrected chi connectivity index (χ2v) is 9.09. The summed E-state index contributed by atoms with van der Waals surface area (Å²) in [7, 11) is 3.36. The Hall–Kier alpha value is -2.19. The van der Waals surface area contributed by atoms with Gasteiger partial charge in [-0.25, -0.2) is 8.78 Å². The third-order valence-corrected chi connectivity index (χ3v) is 7.13. The molecule has 174 valence electrons. The number of methoxy groups -OCH3 is 2. The van der Waals surface area contributed by atoms with Gasteiger partial charge >= 0.3 is 0 Å². The first kappa shape index (κ1) is 23.0. The van der Waals surface area contributed by atoms with Gasteiger partial charge in [0.25, 0.3) is 0 Å². The molecule has 2 heterocycles. The Balaban J connectivity index is 1.27. The Labute approximate surface area is 192 Å². The fourth-order valence-electron chi connectivity index (χ4n) is 4.42. The first-order valence-electron chi connectivity index (χ1n) is 11.0. The van der Waals surface area contributed by atoms with Gasteiger partial charge in [-0.05, 0) is 43.0 Å². The number of thioether (sulfide) groups is 1. The molecule has 2 aliphatic heterocycles. The van der Waals surface area contributed by atoms with Crippen LogP contribution in [0.5, 0.6) is 17.2 Å². The van der Waals surface area contributed by atoms with E-state index in [0.29, 0.717) is 18.4 Å². The Morgan fingerprint density at radius 1 is 1.00 bits per heavy atom. The van der Waals surface area contributed by atoms with E-state index in [4.69, 9.17) is 14.2 Å². The van der Waals surface area contributed by atoms with Crippen molar-refractivity contribution in [2.75, 3.05) is 51.2 Å². The van der Waals surface area contributed by atoms with Crippen molar-refractivity contribution in [3.8, 4) is 17.2 Å². The number of likely N-dealkylation sites (tertiary alicyclic amines) is 1. The average Bonchev–Trinajstić information content (AvgIpc) is 2.83. The van der Waals surface area contributed by atoms with Gasteiger partial charge in [0.1, 0.15) is 5.75 Å². The lowest BCUT2D eigenvalue weighted by atomic mass is 10.0. The highest BCUT2D eigenvalue weighted by Crippen LogP contribution is 2.42. The zero-order valence-electron chi connectivity index (χ0n) is 18.6. The van der Waals surface area contributed by atoms with Crippen LogP contribution in [0.15, 0.2) is 30.3 Å². The first-order valence-corrected chi connectivity index (χ1v) is 12.1. The van der Waals surface area contributed by atoms with E-state index in [1.165, 1.54) is 17.3 Å². The molecule has 0 atom stereocenters. The van der Waals surface area contributed by atoms with Gasteiger partial charge in [-0.3, -0.25) is 0 Å². The number of rotatable bonds is 8. The SMILES string of the molecule is COc1cc2c(cc1OC)N(C1CCN(CCCOc3ccc(F)c(F)c3)CC1)CSC2. The quantitative estimate of drug-likeness (QED) is 0.516. The van der Waals surface area contributed by atoms with Crippen LogP contribution in [0, 0.1) is 11.6 Å². The molecule has 0 spiro atoms. The Kier molecular flexibility index (Phi) is 7.63. The summed E-state index contributed by atoms with van der Waals surface area (Å²) < 4.78 is 42.8. The van der Waals surface area contributed by atoms with Crippen LogP contribution in [0.2, 0.25) is 0 Å². The maximum atomic E-state index is 13.3. The van der Waals surface area contributed by atoms with Gasteiger partial charge in [0, 0.05) is 49.2 Å². The highest BCUT2D eigenvalue weighted by molar-refractivity contribution is 7.98. The van der Waals surface area contributed by atoms with Gasteiger partial charge < -0.3 is 24.0 Å². The van der Waals surface area contributed by atoms with Gasteiger partial charge in [0.05, 0.1) is 26.7 Å². The number of halogens is 2. The van der Waals surface area contributed by atoms with Gasteiger partial charge in [-0.2, -0.15) is 0 Å². The van der Waals surface area contributed by atoms with Crippen LogP contribution >= 0.6 is 11.8 Å². The molecule has 2 aliphatic rings. The summed E-state index contributed by atoms with van der Waals surface area (Å²) in [4.78, 5) is 4.98. The van der Waals surface area contributed by atoms with Crippen molar-refractivity contribution in [1.29, 1.82) is 0 Å². The summed E-state index contributed by atoms with van der Waals surface area (Å²) in [6.07, 6.45) is 3.07. The van der Waals surface area contributed by atoms with E-state index in [1.54, 1.807) is 14.2 Å². The van der Waals surface area contributed by atoms with E-state index < -0.39 is 11.6 Å². The van der Waals surface area contributed by atoms with Gasteiger partial charge in [0.15, 0.2) is 23.1 Å². The maximum absolute atomic E-state index is 13.3. The molecule has 8 heteroatoms. The van der Waals surface area contributed by atoms with Crippen molar-refractivity contribution in [3.63, 3.8) is 0 Å². The second kappa shape index (κ2) is 10.6. The molecule has 32 heavy (non-hydrogen) atoms. The van der Waals surface area contributed by atoms with Gasteiger partial charge in [0.2, 0.25) is 0 Å². The molecule has 0 aromatic heterocycles. The number of nitrogens with zero attached hydrogens (tertiary/aromatic N) is 2. The molecule has 0 amide bonds. The van der Waals surface area contributed by atoms with E-state index in [1.807, 2.05) is 11.8 Å². The van der Waals surface area contributed by atoms with Crippen molar-refractivity contribution in [2.24, 2.45) is 0 Å². The number of ether oxygens (including phenoxy) is 3. The summed E-state index contributed by atoms with van der Waals surface area (Å²) >= 11 is 1.94. The molecule has 0 radical (unpaired) electrons. The lowest BCUT2D eigenvalue weighted by Gasteiger charge is -2.42. The predicted octanol–water partition coefficient (Wildman–Crippen LogP) is 4.93. The highest BCUT2D eigenvalue weighted by atomic mass is 32.2. The number of benzene rings is 2. The van der Waals surface area contributed by atoms with Crippen LogP contribution in [0.25, 0.3) is 0 Å². The van der Waals surface area contributed by atoms with Crippen LogP contribution in [0.1, 0.15) is 24.8 Å². The highest BCUT2D eigenvalue weighted by Gasteiger charge is 2.29. The van der Waals surface area contributed by atoms with Crippen molar-refractivity contribution in [1.82, 2.24) is 4.90 Å². The fraction of sp³-hybridized carbons (Fsp3) is 0.500. The third kappa shape index (κ3) is 5.23. The average molecular weight is 465 g/mol. The molecular formula is C24H30F2N2O3S. The number of anilines is 1. The smallest absolute Gasteiger partial charge is 0.162 e. The standard InChI is InChI=1S/C24H30F2N2O3S/c1-29-23-12-17-15-32-16-28(22(17)14-24(23)30-2)18-6-9-27(10-7-18)8-3-11-31-19-4-5-20(25)21(26)13-19/h4-5,12-14,18H,3,6-11,15-16H2,1-2H3. The van der Waals surface area contributed by atoms with E-state index in [9.17, 15) is 8.78 Å². The molecule has 2 aromatic carbocycles. The van der Waals surface area contributed by atoms with Crippen molar-refractivity contribution in [3.05, 3.63) is 47.5 Å². The predicted molar refractivity (Wildman–Crippen MR) is 124 cm³/mol. The lowest BCUT2D eigenvalue weighted by molar-refractivity contribution is 0.191. The van der Waals surface area contributed by atoms with Crippen LogP contribution in [0.4, 0.5) is 14.5 Å². The molecule has 5 nitrogen and oxygen atoms in total. The van der Waals surface area contributed by atoms with E-state index in [2.05, 4.69) is 21.9 Å². The van der Waals surface area contributed by atoms with Crippen LogP contribution in [0.3, 0.4) is 0 Å². The Morgan fingerprint density at radius 3 is 2.47 bits per heavy atom. The van der Waals surface area contributed by atoms with Crippen molar-refractivity contribution in [2.45, 2.75) is 31.1 Å². The Bertz CT molecular complexity index is 922. The van der Waals surface area contributed by atoms with E-state index in [0.717, 1.165) is 74.2 Å². The lowest BCUT2D eigenvalue weighted by Crippen LogP contribution is -2.46. The third-order valence-electron chi connectivity index (χ3n) is 6.16. The summed E-state index contributed by atoms with van der Waals surface area (Å²) in [5.41, 5.74) is 2.57. The van der Waals surface area contributed by atoms with Crippen LogP contribution in [-0.2, 0) is 5.75 Å². The minimum atomic E-state index is -0.877. The fourth-order valence-corrected chi connectivity index (χ4v) is 5.51. The van der Waals surface area contributed by atoms with Gasteiger partial charge in [-0.15, -0.1) is 11.8 Å². The summed E-state index contributed by atoms with van der Waals surface area (Å²) in [6, 6.07) is 8.39. The van der Waals surface area contributed by atoms with E-state index >= 15 is 0 Å². The molecule has 1 saturated heterocycles. The normalized spacial score (nSPS) is 17.2. The van der Waals surface area contributed by atoms with Gasteiger partial charge in [-0.1, -0.05) is 0 Å². The molecule has 0 aliphatic carbocycles. The number of hydrogen-bond acceptors (Lipinski definition) is 6. The zero-order valence-corrected chi connectivity index (χ0v) is 19.4. The minimum Gasteiger partial charge on any atom is -0.493 e.